The maximum absolute atomic E-state index is 12.2. The summed E-state index contributed by atoms with van der Waals surface area (Å²) in [5.41, 5.74) is 3.75. The van der Waals surface area contributed by atoms with E-state index in [1.54, 1.807) is 13.2 Å². The zero-order valence-corrected chi connectivity index (χ0v) is 18.6. The van der Waals surface area contributed by atoms with Gasteiger partial charge in [0, 0.05) is 22.4 Å². The van der Waals surface area contributed by atoms with Crippen molar-refractivity contribution in [2.24, 2.45) is 0 Å². The molecular weight excluding hydrogens is 414 g/mol. The highest BCUT2D eigenvalue weighted by atomic mass is 35.5. The zero-order valence-electron chi connectivity index (χ0n) is 17.9. The molecule has 0 bridgehead atoms. The Morgan fingerprint density at radius 3 is 2.58 bits per heavy atom. The van der Waals surface area contributed by atoms with Gasteiger partial charge in [-0.1, -0.05) is 41.9 Å². The lowest BCUT2D eigenvalue weighted by atomic mass is 10.1. The Hall–Kier alpha value is -3.25. The molecule has 1 amide bonds. The summed E-state index contributed by atoms with van der Waals surface area (Å²) in [4.78, 5) is 12.2. The average Bonchev–Trinajstić information content (AvgIpc) is 3.04. The highest BCUT2D eigenvalue weighted by Gasteiger charge is 2.11. The quantitative estimate of drug-likeness (QED) is 0.396. The normalized spacial score (nSPS) is 11.0. The van der Waals surface area contributed by atoms with E-state index in [1.807, 2.05) is 67.1 Å². The van der Waals surface area contributed by atoms with Crippen LogP contribution in [0.25, 0.3) is 6.08 Å². The minimum atomic E-state index is -0.193. The van der Waals surface area contributed by atoms with Gasteiger partial charge in [0.05, 0.1) is 25.9 Å². The number of carbonyl (C=O) groups is 1. The summed E-state index contributed by atoms with van der Waals surface area (Å²) in [6.07, 6.45) is 3.30. The number of benzene rings is 2. The summed E-state index contributed by atoms with van der Waals surface area (Å²) in [5, 5.41) is 8.12. The van der Waals surface area contributed by atoms with Crippen molar-refractivity contribution < 1.29 is 14.3 Å². The Bertz CT molecular complexity index is 1080. The molecule has 0 fully saturated rings. The number of aryl methyl sites for hydroxylation is 1. The first-order chi connectivity index (χ1) is 15.0. The third kappa shape index (κ3) is 5.89. The number of ether oxygens (including phenoxy) is 2. The fourth-order valence-electron chi connectivity index (χ4n) is 3.19. The number of carbonyl (C=O) groups excluding carboxylic acids is 1. The second-order valence-corrected chi connectivity index (χ2v) is 7.36. The third-order valence-electron chi connectivity index (χ3n) is 4.84. The molecular formula is C24H26ClN3O3. The molecule has 1 heterocycles. The Morgan fingerprint density at radius 1 is 1.13 bits per heavy atom. The van der Waals surface area contributed by atoms with Crippen LogP contribution < -0.4 is 14.8 Å². The maximum atomic E-state index is 12.2. The number of nitrogens with zero attached hydrogens (tertiary/aromatic N) is 2. The van der Waals surface area contributed by atoms with Gasteiger partial charge in [-0.15, -0.1) is 0 Å². The van der Waals surface area contributed by atoms with Crippen LogP contribution >= 0.6 is 11.6 Å². The summed E-state index contributed by atoms with van der Waals surface area (Å²) in [7, 11) is 1.59. The average molecular weight is 440 g/mol. The molecule has 0 radical (unpaired) electrons. The molecule has 0 aliphatic carbocycles. The molecule has 0 spiro atoms. The molecule has 3 rings (SSSR count). The molecule has 7 heteroatoms. The van der Waals surface area contributed by atoms with Crippen molar-refractivity contribution in [2.75, 3.05) is 20.3 Å². The van der Waals surface area contributed by atoms with Crippen LogP contribution in [0.1, 0.15) is 22.5 Å². The number of halogens is 1. The van der Waals surface area contributed by atoms with Crippen molar-refractivity contribution in [1.82, 2.24) is 15.1 Å². The Morgan fingerprint density at radius 2 is 1.84 bits per heavy atom. The number of rotatable bonds is 9. The standard InChI is InChI=1S/C24H26ClN3O3/c1-17-20(18(2)28(27-17)16-19-8-4-5-9-21(19)25)12-13-24(29)26-14-15-31-23-11-7-6-10-22(23)30-3/h4-13H,14-16H2,1-3H3,(H,26,29). The zero-order chi connectivity index (χ0) is 22.2. The number of nitrogens with one attached hydrogen (secondary N) is 1. The van der Waals surface area contributed by atoms with E-state index in [1.165, 1.54) is 6.08 Å². The minimum Gasteiger partial charge on any atom is -0.493 e. The first-order valence-corrected chi connectivity index (χ1v) is 10.4. The van der Waals surface area contributed by atoms with E-state index in [0.717, 1.165) is 22.5 Å². The number of para-hydroxylation sites is 2. The van der Waals surface area contributed by atoms with Gasteiger partial charge in [0.2, 0.25) is 5.91 Å². The predicted octanol–water partition coefficient (Wildman–Crippen LogP) is 4.42. The molecule has 0 saturated carbocycles. The third-order valence-corrected chi connectivity index (χ3v) is 5.21. The van der Waals surface area contributed by atoms with Crippen LogP contribution in [0, 0.1) is 13.8 Å². The minimum absolute atomic E-state index is 0.193. The second-order valence-electron chi connectivity index (χ2n) is 6.96. The van der Waals surface area contributed by atoms with Crippen molar-refractivity contribution >= 4 is 23.6 Å². The number of methoxy groups -OCH3 is 1. The second kappa shape index (κ2) is 10.7. The molecule has 0 unspecified atom stereocenters. The number of aromatic nitrogens is 2. The van der Waals surface area contributed by atoms with Gasteiger partial charge < -0.3 is 14.8 Å². The molecule has 6 nitrogen and oxygen atoms in total. The van der Waals surface area contributed by atoms with Crippen molar-refractivity contribution in [3.05, 3.63) is 82.1 Å². The molecule has 1 aromatic heterocycles. The van der Waals surface area contributed by atoms with Crippen molar-refractivity contribution in [1.29, 1.82) is 0 Å². The summed E-state index contributed by atoms with van der Waals surface area (Å²) in [5.74, 6) is 1.11. The summed E-state index contributed by atoms with van der Waals surface area (Å²) < 4.78 is 12.8. The largest absolute Gasteiger partial charge is 0.493 e. The van der Waals surface area contributed by atoms with Gasteiger partial charge in [-0.05, 0) is 43.7 Å². The maximum Gasteiger partial charge on any atom is 0.244 e. The molecule has 0 saturated heterocycles. The molecule has 162 valence electrons. The van der Waals surface area contributed by atoms with Crippen LogP contribution in [0.15, 0.2) is 54.6 Å². The van der Waals surface area contributed by atoms with Crippen LogP contribution in [-0.4, -0.2) is 35.9 Å². The Labute approximate surface area is 187 Å². The lowest BCUT2D eigenvalue weighted by Gasteiger charge is -2.10. The van der Waals surface area contributed by atoms with E-state index in [0.29, 0.717) is 36.2 Å². The number of hydrogen-bond acceptors (Lipinski definition) is 4. The molecule has 0 atom stereocenters. The van der Waals surface area contributed by atoms with Crippen LogP contribution in [0.3, 0.4) is 0 Å². The van der Waals surface area contributed by atoms with Crippen molar-refractivity contribution in [2.45, 2.75) is 20.4 Å². The molecule has 2 aromatic carbocycles. The highest BCUT2D eigenvalue weighted by Crippen LogP contribution is 2.25. The lowest BCUT2D eigenvalue weighted by molar-refractivity contribution is -0.116. The van der Waals surface area contributed by atoms with E-state index in [2.05, 4.69) is 10.4 Å². The first-order valence-electron chi connectivity index (χ1n) is 9.98. The molecule has 0 aliphatic heterocycles. The number of amides is 1. The van der Waals surface area contributed by atoms with Gasteiger partial charge in [-0.25, -0.2) is 0 Å². The molecule has 3 aromatic rings. The molecule has 31 heavy (non-hydrogen) atoms. The summed E-state index contributed by atoms with van der Waals surface area (Å²) in [6, 6.07) is 15.1. The van der Waals surface area contributed by atoms with Gasteiger partial charge in [-0.3, -0.25) is 9.48 Å². The summed E-state index contributed by atoms with van der Waals surface area (Å²) >= 11 is 6.27. The highest BCUT2D eigenvalue weighted by molar-refractivity contribution is 6.31. The number of hydrogen-bond donors (Lipinski definition) is 1. The van der Waals surface area contributed by atoms with E-state index >= 15 is 0 Å². The SMILES string of the molecule is COc1ccccc1OCCNC(=O)C=Cc1c(C)nn(Cc2ccccc2Cl)c1C. The van der Waals surface area contributed by atoms with E-state index in [4.69, 9.17) is 21.1 Å². The van der Waals surface area contributed by atoms with Crippen LogP contribution in [0.4, 0.5) is 0 Å². The van der Waals surface area contributed by atoms with Crippen LogP contribution in [0.2, 0.25) is 5.02 Å². The fourth-order valence-corrected chi connectivity index (χ4v) is 3.38. The molecule has 1 N–H and O–H groups in total. The smallest absolute Gasteiger partial charge is 0.244 e. The predicted molar refractivity (Wildman–Crippen MR) is 123 cm³/mol. The van der Waals surface area contributed by atoms with Gasteiger partial charge in [0.25, 0.3) is 0 Å². The van der Waals surface area contributed by atoms with Gasteiger partial charge >= 0.3 is 0 Å². The van der Waals surface area contributed by atoms with E-state index < -0.39 is 0 Å². The van der Waals surface area contributed by atoms with Crippen molar-refractivity contribution in [3.63, 3.8) is 0 Å². The molecule has 0 aliphatic rings. The Balaban J connectivity index is 1.54. The monoisotopic (exact) mass is 439 g/mol. The van der Waals surface area contributed by atoms with E-state index in [-0.39, 0.29) is 5.91 Å². The van der Waals surface area contributed by atoms with E-state index in [9.17, 15) is 4.79 Å². The topological polar surface area (TPSA) is 65.4 Å². The summed E-state index contributed by atoms with van der Waals surface area (Å²) in [6.45, 7) is 5.20. The van der Waals surface area contributed by atoms with Gasteiger partial charge in [0.1, 0.15) is 6.61 Å². The lowest BCUT2D eigenvalue weighted by Crippen LogP contribution is -2.26. The first kappa shape index (κ1) is 22.4. The van der Waals surface area contributed by atoms with Crippen molar-refractivity contribution in [3.8, 4) is 11.5 Å². The van der Waals surface area contributed by atoms with Gasteiger partial charge in [-0.2, -0.15) is 5.10 Å². The van der Waals surface area contributed by atoms with Crippen LogP contribution in [-0.2, 0) is 11.3 Å². The Kier molecular flexibility index (Phi) is 7.73. The van der Waals surface area contributed by atoms with Gasteiger partial charge in [0.15, 0.2) is 11.5 Å². The van der Waals surface area contributed by atoms with Crippen LogP contribution in [0.5, 0.6) is 11.5 Å². The fraction of sp³-hybridized carbons (Fsp3) is 0.250.